The van der Waals surface area contributed by atoms with Crippen molar-refractivity contribution in [2.24, 2.45) is 0 Å². The van der Waals surface area contributed by atoms with Gasteiger partial charge < -0.3 is 9.47 Å². The van der Waals surface area contributed by atoms with E-state index in [2.05, 4.69) is 0 Å². The molecule has 0 bridgehead atoms. The summed E-state index contributed by atoms with van der Waals surface area (Å²) >= 11 is 1.49. The monoisotopic (exact) mass is 422 g/mol. The molecule has 0 N–H and O–H groups in total. The first-order chi connectivity index (χ1) is 14.5. The number of benzene rings is 2. The summed E-state index contributed by atoms with van der Waals surface area (Å²) in [6.45, 7) is 1.90. The molecule has 1 fully saturated rings. The number of thiophene rings is 1. The topological polar surface area (TPSA) is 59.1 Å². The van der Waals surface area contributed by atoms with Crippen LogP contribution >= 0.6 is 11.3 Å². The van der Waals surface area contributed by atoms with Crippen LogP contribution in [0.3, 0.4) is 0 Å². The van der Waals surface area contributed by atoms with E-state index in [1.807, 2.05) is 48.0 Å². The van der Waals surface area contributed by atoms with Crippen LogP contribution in [-0.2, 0) is 9.59 Å². The maximum atomic E-state index is 13.7. The van der Waals surface area contributed by atoms with Crippen molar-refractivity contribution in [3.05, 3.63) is 70.4 Å². The van der Waals surface area contributed by atoms with Crippen LogP contribution < -0.4 is 19.3 Å². The fourth-order valence-corrected chi connectivity index (χ4v) is 4.30. The number of aryl methyl sites for hydroxylation is 1. The second-order valence-corrected chi connectivity index (χ2v) is 7.80. The van der Waals surface area contributed by atoms with Crippen LogP contribution in [0.4, 0.5) is 11.4 Å². The lowest BCUT2D eigenvalue weighted by Gasteiger charge is -2.40. The molecule has 6 nitrogen and oxygen atoms in total. The summed E-state index contributed by atoms with van der Waals surface area (Å²) in [7, 11) is 3.10. The van der Waals surface area contributed by atoms with Crippen LogP contribution in [-0.4, -0.2) is 32.6 Å². The highest BCUT2D eigenvalue weighted by molar-refractivity contribution is 7.08. The van der Waals surface area contributed by atoms with Gasteiger partial charge >= 0.3 is 0 Å². The summed E-state index contributed by atoms with van der Waals surface area (Å²) in [6, 6.07) is 14.0. The quantitative estimate of drug-likeness (QED) is 0.619. The number of hydrogen-bond acceptors (Lipinski definition) is 5. The molecule has 2 amide bonds. The molecular weight excluding hydrogens is 400 g/mol. The van der Waals surface area contributed by atoms with Crippen LogP contribution in [0.25, 0.3) is 0 Å². The Morgan fingerprint density at radius 3 is 2.40 bits per heavy atom. The Morgan fingerprint density at radius 2 is 1.77 bits per heavy atom. The smallest absolute Gasteiger partial charge is 0.255 e. The molecule has 1 aromatic heterocycles. The van der Waals surface area contributed by atoms with Gasteiger partial charge in [-0.1, -0.05) is 17.7 Å². The number of amides is 2. The predicted molar refractivity (Wildman–Crippen MR) is 118 cm³/mol. The molecule has 0 aliphatic carbocycles. The highest BCUT2D eigenvalue weighted by Crippen LogP contribution is 2.39. The van der Waals surface area contributed by atoms with Gasteiger partial charge in [-0.15, -0.1) is 0 Å². The lowest BCUT2D eigenvalue weighted by Crippen LogP contribution is -2.56. The second kappa shape index (κ2) is 8.20. The molecule has 30 heavy (non-hydrogen) atoms. The molecule has 0 spiro atoms. The zero-order valence-electron chi connectivity index (χ0n) is 17.0. The number of anilines is 2. The van der Waals surface area contributed by atoms with Crippen molar-refractivity contribution in [3.8, 4) is 11.5 Å². The maximum Gasteiger partial charge on any atom is 0.255 e. The Hall–Kier alpha value is -3.32. The third kappa shape index (κ3) is 3.52. The number of hydrogen-bond donors (Lipinski definition) is 0. The molecular formula is C23H22N2O4S. The van der Waals surface area contributed by atoms with Crippen LogP contribution in [0.1, 0.15) is 17.2 Å². The summed E-state index contributed by atoms with van der Waals surface area (Å²) in [6.07, 6.45) is 0. The molecule has 2 aromatic carbocycles. The van der Waals surface area contributed by atoms with Crippen LogP contribution in [0.15, 0.2) is 59.3 Å². The average Bonchev–Trinajstić information content (AvgIpc) is 3.29. The highest BCUT2D eigenvalue weighted by atomic mass is 32.1. The molecule has 7 heteroatoms. The normalized spacial score (nSPS) is 16.7. The SMILES string of the molecule is COc1ccc(OC)c(N2CC(=O)N(c3ccc(C)cc3)C(c3ccsc3)C2=O)c1. The Morgan fingerprint density at radius 1 is 1.00 bits per heavy atom. The van der Waals surface area contributed by atoms with E-state index in [0.29, 0.717) is 22.9 Å². The zero-order valence-corrected chi connectivity index (χ0v) is 17.8. The van der Waals surface area contributed by atoms with Gasteiger partial charge in [0.25, 0.3) is 5.91 Å². The van der Waals surface area contributed by atoms with Crippen molar-refractivity contribution in [1.82, 2.24) is 0 Å². The molecule has 1 atom stereocenters. The standard InChI is InChI=1S/C23H22N2O4S/c1-15-4-6-17(7-5-15)25-21(26)13-24(23(27)22(25)16-10-11-30-14-16)19-12-18(28-2)8-9-20(19)29-3/h4-12,14,22H,13H2,1-3H3. The van der Waals surface area contributed by atoms with Gasteiger partial charge in [0.05, 0.1) is 19.9 Å². The summed E-state index contributed by atoms with van der Waals surface area (Å²) in [4.78, 5) is 30.1. The molecule has 0 radical (unpaired) electrons. The number of methoxy groups -OCH3 is 2. The average molecular weight is 423 g/mol. The van der Waals surface area contributed by atoms with E-state index in [1.54, 1.807) is 30.2 Å². The predicted octanol–water partition coefficient (Wildman–Crippen LogP) is 4.19. The molecule has 154 valence electrons. The van der Waals surface area contributed by atoms with E-state index in [9.17, 15) is 9.59 Å². The lowest BCUT2D eigenvalue weighted by molar-refractivity contribution is -0.128. The van der Waals surface area contributed by atoms with Gasteiger partial charge in [-0.2, -0.15) is 11.3 Å². The molecule has 1 unspecified atom stereocenters. The van der Waals surface area contributed by atoms with E-state index in [-0.39, 0.29) is 18.4 Å². The van der Waals surface area contributed by atoms with Crippen molar-refractivity contribution in [3.63, 3.8) is 0 Å². The van der Waals surface area contributed by atoms with Crippen LogP contribution in [0.5, 0.6) is 11.5 Å². The van der Waals surface area contributed by atoms with E-state index >= 15 is 0 Å². The van der Waals surface area contributed by atoms with E-state index in [0.717, 1.165) is 11.1 Å². The van der Waals surface area contributed by atoms with Crippen molar-refractivity contribution in [1.29, 1.82) is 0 Å². The van der Waals surface area contributed by atoms with E-state index in [1.165, 1.54) is 23.3 Å². The molecule has 1 aliphatic rings. The van der Waals surface area contributed by atoms with Crippen molar-refractivity contribution >= 4 is 34.5 Å². The summed E-state index contributed by atoms with van der Waals surface area (Å²) in [5.41, 5.74) is 3.08. The fourth-order valence-electron chi connectivity index (χ4n) is 3.62. The molecule has 3 aromatic rings. The fraction of sp³-hybridized carbons (Fsp3) is 0.217. The summed E-state index contributed by atoms with van der Waals surface area (Å²) in [5.74, 6) is 0.726. The first-order valence-corrected chi connectivity index (χ1v) is 10.4. The van der Waals surface area contributed by atoms with E-state index < -0.39 is 6.04 Å². The number of ether oxygens (including phenoxy) is 2. The first-order valence-electron chi connectivity index (χ1n) is 9.47. The molecule has 1 aliphatic heterocycles. The number of piperazine rings is 1. The minimum absolute atomic E-state index is 0.0864. The molecule has 0 saturated carbocycles. The third-order valence-electron chi connectivity index (χ3n) is 5.17. The molecule has 2 heterocycles. The first kappa shape index (κ1) is 20.0. The van der Waals surface area contributed by atoms with Gasteiger partial charge in [0.2, 0.25) is 5.91 Å². The zero-order chi connectivity index (χ0) is 21.3. The summed E-state index contributed by atoms with van der Waals surface area (Å²) < 4.78 is 10.8. The van der Waals surface area contributed by atoms with Crippen molar-refractivity contribution < 1.29 is 19.1 Å². The summed E-state index contributed by atoms with van der Waals surface area (Å²) in [5, 5.41) is 3.81. The minimum atomic E-state index is -0.754. The van der Waals surface area contributed by atoms with E-state index in [4.69, 9.17) is 9.47 Å². The van der Waals surface area contributed by atoms with Crippen LogP contribution in [0.2, 0.25) is 0 Å². The largest absolute Gasteiger partial charge is 0.497 e. The number of carbonyl (C=O) groups is 2. The number of carbonyl (C=O) groups excluding carboxylic acids is 2. The third-order valence-corrected chi connectivity index (χ3v) is 5.87. The van der Waals surface area contributed by atoms with Gasteiger partial charge in [-0.05, 0) is 53.6 Å². The van der Waals surface area contributed by atoms with Gasteiger partial charge in [-0.25, -0.2) is 0 Å². The van der Waals surface area contributed by atoms with Gasteiger partial charge in [0, 0.05) is 11.8 Å². The molecule has 4 rings (SSSR count). The van der Waals surface area contributed by atoms with Crippen molar-refractivity contribution in [2.75, 3.05) is 30.6 Å². The van der Waals surface area contributed by atoms with Crippen LogP contribution in [0, 0.1) is 6.92 Å². The Labute approximate surface area is 179 Å². The minimum Gasteiger partial charge on any atom is -0.497 e. The molecule has 1 saturated heterocycles. The Bertz CT molecular complexity index is 1060. The van der Waals surface area contributed by atoms with Gasteiger partial charge in [-0.3, -0.25) is 19.4 Å². The highest BCUT2D eigenvalue weighted by Gasteiger charge is 2.42. The second-order valence-electron chi connectivity index (χ2n) is 7.02. The van der Waals surface area contributed by atoms with Gasteiger partial charge in [0.15, 0.2) is 0 Å². The van der Waals surface area contributed by atoms with Crippen molar-refractivity contribution in [2.45, 2.75) is 13.0 Å². The lowest BCUT2D eigenvalue weighted by atomic mass is 10.0. The van der Waals surface area contributed by atoms with Gasteiger partial charge in [0.1, 0.15) is 24.1 Å². The maximum absolute atomic E-state index is 13.7. The number of rotatable bonds is 5. The Balaban J connectivity index is 1.81. The Kier molecular flexibility index (Phi) is 5.46. The number of nitrogens with zero attached hydrogens (tertiary/aromatic N) is 2.